The van der Waals surface area contributed by atoms with Gasteiger partial charge in [0.1, 0.15) is 24.2 Å². The van der Waals surface area contributed by atoms with Gasteiger partial charge in [0, 0.05) is 0 Å². The van der Waals surface area contributed by atoms with Crippen molar-refractivity contribution < 1.29 is 23.5 Å². The first-order valence-corrected chi connectivity index (χ1v) is 8.11. The first-order valence-electron chi connectivity index (χ1n) is 8.11. The van der Waals surface area contributed by atoms with Gasteiger partial charge in [-0.15, -0.1) is 0 Å². The maximum atomic E-state index is 12.9. The zero-order valence-electron chi connectivity index (χ0n) is 14.1. The van der Waals surface area contributed by atoms with Gasteiger partial charge in [-0.1, -0.05) is 19.1 Å². The fraction of sp³-hybridized carbons (Fsp3) is 0.211. The second-order valence-electron chi connectivity index (χ2n) is 5.93. The molecule has 2 N–H and O–H groups in total. The summed E-state index contributed by atoms with van der Waals surface area (Å²) >= 11 is 0. The Balaban J connectivity index is 1.80. The number of benzene rings is 2. The molecule has 0 aliphatic carbocycles. The van der Waals surface area contributed by atoms with E-state index >= 15 is 0 Å². The van der Waals surface area contributed by atoms with Gasteiger partial charge in [0.15, 0.2) is 0 Å². The third-order valence-electron chi connectivity index (χ3n) is 4.24. The molecule has 3 amide bonds. The molecule has 1 atom stereocenters. The van der Waals surface area contributed by atoms with Crippen molar-refractivity contribution in [1.29, 1.82) is 0 Å². The number of primary amides is 1. The second kappa shape index (κ2) is 6.95. The van der Waals surface area contributed by atoms with Crippen LogP contribution in [0.2, 0.25) is 0 Å². The minimum atomic E-state index is -0.981. The van der Waals surface area contributed by atoms with Crippen LogP contribution < -0.4 is 10.5 Å². The molecule has 134 valence electrons. The van der Waals surface area contributed by atoms with Crippen molar-refractivity contribution in [3.63, 3.8) is 0 Å². The molecule has 1 aliphatic rings. The maximum absolute atomic E-state index is 12.9. The Labute approximate surface area is 149 Å². The zero-order chi connectivity index (χ0) is 18.8. The van der Waals surface area contributed by atoms with Crippen LogP contribution in [0.25, 0.3) is 0 Å². The topological polar surface area (TPSA) is 89.7 Å². The van der Waals surface area contributed by atoms with Crippen LogP contribution in [0.4, 0.5) is 4.39 Å². The fourth-order valence-electron chi connectivity index (χ4n) is 2.87. The molecule has 0 fully saturated rings. The molecule has 2 aromatic rings. The summed E-state index contributed by atoms with van der Waals surface area (Å²) < 4.78 is 18.5. The van der Waals surface area contributed by atoms with Gasteiger partial charge in [-0.3, -0.25) is 19.3 Å². The highest BCUT2D eigenvalue weighted by Crippen LogP contribution is 2.29. The van der Waals surface area contributed by atoms with E-state index in [1.807, 2.05) is 0 Å². The summed E-state index contributed by atoms with van der Waals surface area (Å²) in [6, 6.07) is 9.39. The van der Waals surface area contributed by atoms with Gasteiger partial charge < -0.3 is 10.5 Å². The molecule has 2 aromatic carbocycles. The average molecular weight is 356 g/mol. The van der Waals surface area contributed by atoms with E-state index in [0.717, 1.165) is 10.5 Å². The Morgan fingerprint density at radius 3 is 2.38 bits per heavy atom. The number of rotatable bonds is 6. The molecule has 3 rings (SSSR count). The highest BCUT2D eigenvalue weighted by Gasteiger charge is 2.41. The molecule has 0 unspecified atom stereocenters. The predicted molar refractivity (Wildman–Crippen MR) is 90.9 cm³/mol. The molecule has 0 bridgehead atoms. The van der Waals surface area contributed by atoms with Gasteiger partial charge in [-0.2, -0.15) is 0 Å². The van der Waals surface area contributed by atoms with E-state index in [0.29, 0.717) is 5.75 Å². The first kappa shape index (κ1) is 17.6. The first-order chi connectivity index (χ1) is 12.4. The number of hydrogen-bond acceptors (Lipinski definition) is 4. The number of carbonyl (C=O) groups excluding carboxylic acids is 3. The number of ether oxygens (including phenoxy) is 1. The molecular weight excluding hydrogens is 339 g/mol. The van der Waals surface area contributed by atoms with Crippen LogP contribution in [-0.4, -0.2) is 28.7 Å². The lowest BCUT2D eigenvalue weighted by atomic mass is 10.1. The van der Waals surface area contributed by atoms with Gasteiger partial charge >= 0.3 is 0 Å². The summed E-state index contributed by atoms with van der Waals surface area (Å²) in [5.74, 6) is -1.78. The van der Waals surface area contributed by atoms with E-state index in [1.54, 1.807) is 25.1 Å². The normalized spacial score (nSPS) is 14.3. The molecule has 1 aliphatic heterocycles. The Morgan fingerprint density at radius 1 is 1.12 bits per heavy atom. The Hall–Kier alpha value is -3.22. The molecule has 0 aromatic heterocycles. The van der Waals surface area contributed by atoms with Crippen LogP contribution in [0.1, 0.15) is 39.6 Å². The molecule has 0 radical (unpaired) electrons. The van der Waals surface area contributed by atoms with Crippen LogP contribution >= 0.6 is 0 Å². The van der Waals surface area contributed by atoms with Crippen molar-refractivity contribution >= 4 is 17.7 Å². The molecule has 6 nitrogen and oxygen atoms in total. The van der Waals surface area contributed by atoms with Gasteiger partial charge in [-0.25, -0.2) is 4.39 Å². The Morgan fingerprint density at radius 2 is 1.77 bits per heavy atom. The van der Waals surface area contributed by atoms with E-state index < -0.39 is 23.8 Å². The van der Waals surface area contributed by atoms with Crippen molar-refractivity contribution in [3.8, 4) is 5.75 Å². The van der Waals surface area contributed by atoms with Crippen molar-refractivity contribution in [2.24, 2.45) is 5.73 Å². The molecule has 0 saturated carbocycles. The molecule has 26 heavy (non-hydrogen) atoms. The lowest BCUT2D eigenvalue weighted by molar-refractivity contribution is -0.121. The number of imide groups is 1. The average Bonchev–Trinajstić information content (AvgIpc) is 2.86. The standard InChI is InChI=1S/C19H17FN2O4/c1-2-16(17(21)23)22-18(24)14-8-7-13(9-15(14)19(22)25)26-10-11-3-5-12(20)6-4-11/h3-9,16H,2,10H2,1H3,(H2,21,23)/t16-/m1/s1. The fourth-order valence-corrected chi connectivity index (χ4v) is 2.87. The molecule has 0 spiro atoms. The van der Waals surface area contributed by atoms with Crippen molar-refractivity contribution in [2.75, 3.05) is 0 Å². The zero-order valence-corrected chi connectivity index (χ0v) is 14.1. The second-order valence-corrected chi connectivity index (χ2v) is 5.93. The summed E-state index contributed by atoms with van der Waals surface area (Å²) in [5.41, 5.74) is 6.45. The van der Waals surface area contributed by atoms with Crippen molar-refractivity contribution in [1.82, 2.24) is 4.90 Å². The number of amides is 3. The number of halogens is 1. The molecule has 1 heterocycles. The summed E-state index contributed by atoms with van der Waals surface area (Å²) in [5, 5.41) is 0. The largest absolute Gasteiger partial charge is 0.489 e. The number of nitrogens with zero attached hydrogens (tertiary/aromatic N) is 1. The van der Waals surface area contributed by atoms with E-state index in [2.05, 4.69) is 0 Å². The third kappa shape index (κ3) is 3.15. The molecule has 0 saturated heterocycles. The number of carbonyl (C=O) groups is 3. The van der Waals surface area contributed by atoms with E-state index in [4.69, 9.17) is 10.5 Å². The Kier molecular flexibility index (Phi) is 4.71. The maximum Gasteiger partial charge on any atom is 0.262 e. The van der Waals surface area contributed by atoms with Crippen molar-refractivity contribution in [2.45, 2.75) is 26.0 Å². The SMILES string of the molecule is CC[C@H](C(N)=O)N1C(=O)c2ccc(OCc3ccc(F)cc3)cc2C1=O. The van der Waals surface area contributed by atoms with Crippen LogP contribution in [-0.2, 0) is 11.4 Å². The monoisotopic (exact) mass is 356 g/mol. The Bertz CT molecular complexity index is 880. The van der Waals surface area contributed by atoms with Crippen LogP contribution in [0, 0.1) is 5.82 Å². The van der Waals surface area contributed by atoms with Crippen LogP contribution in [0.15, 0.2) is 42.5 Å². The highest BCUT2D eigenvalue weighted by atomic mass is 19.1. The lowest BCUT2D eigenvalue weighted by Crippen LogP contribution is -2.47. The minimum Gasteiger partial charge on any atom is -0.489 e. The van der Waals surface area contributed by atoms with E-state index in [-0.39, 0.29) is 30.0 Å². The molecule has 7 heteroatoms. The number of hydrogen-bond donors (Lipinski definition) is 1. The third-order valence-corrected chi connectivity index (χ3v) is 4.24. The summed E-state index contributed by atoms with van der Waals surface area (Å²) in [6.45, 7) is 1.86. The summed E-state index contributed by atoms with van der Waals surface area (Å²) in [6.07, 6.45) is 0.245. The molecular formula is C19H17FN2O4. The van der Waals surface area contributed by atoms with Crippen molar-refractivity contribution in [3.05, 3.63) is 65.0 Å². The highest BCUT2D eigenvalue weighted by molar-refractivity contribution is 6.23. The minimum absolute atomic E-state index is 0.173. The quantitative estimate of drug-likeness (QED) is 0.804. The smallest absolute Gasteiger partial charge is 0.262 e. The lowest BCUT2D eigenvalue weighted by Gasteiger charge is -2.21. The predicted octanol–water partition coefficient (Wildman–Crippen LogP) is 2.26. The summed E-state index contributed by atoms with van der Waals surface area (Å²) in [7, 11) is 0. The van der Waals surface area contributed by atoms with E-state index in [9.17, 15) is 18.8 Å². The van der Waals surface area contributed by atoms with Gasteiger partial charge in [0.2, 0.25) is 5.91 Å². The summed E-state index contributed by atoms with van der Waals surface area (Å²) in [4.78, 5) is 37.5. The van der Waals surface area contributed by atoms with Gasteiger partial charge in [0.05, 0.1) is 11.1 Å². The van der Waals surface area contributed by atoms with Gasteiger partial charge in [-0.05, 0) is 42.3 Å². The van der Waals surface area contributed by atoms with E-state index in [1.165, 1.54) is 24.3 Å². The number of nitrogens with two attached hydrogens (primary N) is 1. The van der Waals surface area contributed by atoms with Crippen LogP contribution in [0.3, 0.4) is 0 Å². The van der Waals surface area contributed by atoms with Gasteiger partial charge in [0.25, 0.3) is 11.8 Å². The number of fused-ring (bicyclic) bond motifs is 1. The van der Waals surface area contributed by atoms with Crippen LogP contribution in [0.5, 0.6) is 5.75 Å².